The third-order valence-corrected chi connectivity index (χ3v) is 3.93. The van der Waals surface area contributed by atoms with Crippen molar-refractivity contribution in [3.63, 3.8) is 0 Å². The second kappa shape index (κ2) is 6.75. The van der Waals surface area contributed by atoms with Crippen molar-refractivity contribution in [1.82, 2.24) is 20.4 Å². The molecular formula is C13H24N4O2. The van der Waals surface area contributed by atoms with Crippen molar-refractivity contribution in [2.24, 2.45) is 5.92 Å². The highest BCUT2D eigenvalue weighted by Gasteiger charge is 2.22. The average Bonchev–Trinajstić information content (AvgIpc) is 2.46. The van der Waals surface area contributed by atoms with Gasteiger partial charge in [0.25, 0.3) is 0 Å². The predicted octanol–water partition coefficient (Wildman–Crippen LogP) is -0.140. The number of hydrogen-bond donors (Lipinski definition) is 2. The Hall–Kier alpha value is -1.30. The number of carbonyl (C=O) groups is 2. The summed E-state index contributed by atoms with van der Waals surface area (Å²) < 4.78 is 0. The summed E-state index contributed by atoms with van der Waals surface area (Å²) in [4.78, 5) is 27.4. The summed E-state index contributed by atoms with van der Waals surface area (Å²) >= 11 is 0. The van der Waals surface area contributed by atoms with Gasteiger partial charge in [0.05, 0.1) is 6.54 Å². The van der Waals surface area contributed by atoms with E-state index in [2.05, 4.69) is 17.6 Å². The molecule has 0 spiro atoms. The predicted molar refractivity (Wildman–Crippen MR) is 72.8 cm³/mol. The van der Waals surface area contributed by atoms with Crippen molar-refractivity contribution in [3.05, 3.63) is 0 Å². The first-order valence-corrected chi connectivity index (χ1v) is 7.18. The van der Waals surface area contributed by atoms with Crippen LogP contribution in [-0.2, 0) is 4.79 Å². The van der Waals surface area contributed by atoms with Crippen molar-refractivity contribution in [3.8, 4) is 0 Å². The van der Waals surface area contributed by atoms with Crippen LogP contribution in [0.5, 0.6) is 0 Å². The van der Waals surface area contributed by atoms with Gasteiger partial charge in [-0.3, -0.25) is 4.79 Å². The minimum atomic E-state index is -0.101. The Labute approximate surface area is 114 Å². The summed E-state index contributed by atoms with van der Waals surface area (Å²) in [6, 6.07) is -0.101. The van der Waals surface area contributed by atoms with Gasteiger partial charge in [0.1, 0.15) is 0 Å². The summed E-state index contributed by atoms with van der Waals surface area (Å²) in [5, 5.41) is 5.94. The monoisotopic (exact) mass is 268 g/mol. The molecule has 3 amide bonds. The summed E-state index contributed by atoms with van der Waals surface area (Å²) in [5.41, 5.74) is 0. The first-order valence-electron chi connectivity index (χ1n) is 7.18. The van der Waals surface area contributed by atoms with Crippen LogP contribution in [0.2, 0.25) is 0 Å². The number of nitrogens with one attached hydrogen (secondary N) is 2. The number of piperazine rings is 1. The zero-order valence-electron chi connectivity index (χ0n) is 11.7. The topological polar surface area (TPSA) is 64.7 Å². The molecule has 2 rings (SSSR count). The zero-order valence-corrected chi connectivity index (χ0v) is 11.7. The van der Waals surface area contributed by atoms with Gasteiger partial charge in [-0.05, 0) is 18.8 Å². The normalized spacial score (nSPS) is 21.3. The average molecular weight is 268 g/mol. The van der Waals surface area contributed by atoms with E-state index in [0.717, 1.165) is 52.1 Å². The van der Waals surface area contributed by atoms with Gasteiger partial charge in [-0.1, -0.05) is 6.92 Å². The fourth-order valence-corrected chi connectivity index (χ4v) is 2.50. The van der Waals surface area contributed by atoms with Crippen LogP contribution >= 0.6 is 0 Å². The molecule has 2 saturated heterocycles. The SMILES string of the molecule is CC1CCN(C(=O)NCC(=O)N2CCNCC2)CC1. The lowest BCUT2D eigenvalue weighted by atomic mass is 10.00. The summed E-state index contributed by atoms with van der Waals surface area (Å²) in [5.74, 6) is 0.715. The van der Waals surface area contributed by atoms with Crippen LogP contribution in [0.3, 0.4) is 0 Å². The standard InChI is InChI=1S/C13H24N4O2/c1-11-2-6-17(7-3-11)13(19)15-10-12(18)16-8-4-14-5-9-16/h11,14H,2-10H2,1H3,(H,15,19). The molecule has 0 aliphatic carbocycles. The molecule has 2 N–H and O–H groups in total. The summed E-state index contributed by atoms with van der Waals surface area (Å²) in [6.45, 7) is 7.07. The maximum absolute atomic E-state index is 11.9. The first-order chi connectivity index (χ1) is 9.16. The highest BCUT2D eigenvalue weighted by molar-refractivity contribution is 5.84. The number of amides is 3. The number of urea groups is 1. The Bertz CT molecular complexity index is 321. The molecule has 0 aromatic carbocycles. The Kier molecular flexibility index (Phi) is 5.01. The van der Waals surface area contributed by atoms with Crippen molar-refractivity contribution in [2.75, 3.05) is 45.8 Å². The lowest BCUT2D eigenvalue weighted by molar-refractivity contribution is -0.130. The lowest BCUT2D eigenvalue weighted by Gasteiger charge is -2.31. The molecule has 108 valence electrons. The Morgan fingerprint density at radius 3 is 2.37 bits per heavy atom. The fourth-order valence-electron chi connectivity index (χ4n) is 2.50. The molecule has 0 radical (unpaired) electrons. The summed E-state index contributed by atoms with van der Waals surface area (Å²) in [6.07, 6.45) is 2.11. The molecule has 2 fully saturated rings. The molecule has 19 heavy (non-hydrogen) atoms. The van der Waals surface area contributed by atoms with Gasteiger partial charge in [-0.2, -0.15) is 0 Å². The number of rotatable bonds is 2. The van der Waals surface area contributed by atoms with E-state index < -0.39 is 0 Å². The van der Waals surface area contributed by atoms with Gasteiger partial charge in [-0.15, -0.1) is 0 Å². The molecule has 2 heterocycles. The van der Waals surface area contributed by atoms with E-state index in [1.807, 2.05) is 4.90 Å². The minimum Gasteiger partial charge on any atom is -0.339 e. The second-order valence-electron chi connectivity index (χ2n) is 5.46. The third kappa shape index (κ3) is 4.09. The third-order valence-electron chi connectivity index (χ3n) is 3.93. The van der Waals surface area contributed by atoms with Crippen molar-refractivity contribution < 1.29 is 9.59 Å². The van der Waals surface area contributed by atoms with Gasteiger partial charge >= 0.3 is 6.03 Å². The molecular weight excluding hydrogens is 244 g/mol. The highest BCUT2D eigenvalue weighted by Crippen LogP contribution is 2.15. The molecule has 2 aliphatic heterocycles. The van der Waals surface area contributed by atoms with Gasteiger partial charge < -0.3 is 20.4 Å². The van der Waals surface area contributed by atoms with E-state index in [4.69, 9.17) is 0 Å². The van der Waals surface area contributed by atoms with Crippen LogP contribution < -0.4 is 10.6 Å². The number of nitrogens with zero attached hydrogens (tertiary/aromatic N) is 2. The maximum atomic E-state index is 11.9. The first kappa shape index (κ1) is 14.1. The van der Waals surface area contributed by atoms with Crippen LogP contribution in [0.15, 0.2) is 0 Å². The lowest BCUT2D eigenvalue weighted by Crippen LogP contribution is -2.51. The fraction of sp³-hybridized carbons (Fsp3) is 0.846. The van der Waals surface area contributed by atoms with Crippen LogP contribution in [0, 0.1) is 5.92 Å². The van der Waals surface area contributed by atoms with E-state index in [1.165, 1.54) is 0 Å². The molecule has 0 saturated carbocycles. The molecule has 0 aromatic rings. The number of hydrogen-bond acceptors (Lipinski definition) is 3. The second-order valence-corrected chi connectivity index (χ2v) is 5.46. The van der Waals surface area contributed by atoms with Crippen LogP contribution in [0.1, 0.15) is 19.8 Å². The van der Waals surface area contributed by atoms with Gasteiger partial charge in [0.15, 0.2) is 0 Å². The largest absolute Gasteiger partial charge is 0.339 e. The van der Waals surface area contributed by atoms with E-state index in [-0.39, 0.29) is 18.5 Å². The quantitative estimate of drug-likeness (QED) is 0.732. The van der Waals surface area contributed by atoms with E-state index in [0.29, 0.717) is 5.92 Å². The van der Waals surface area contributed by atoms with Crippen LogP contribution in [-0.4, -0.2) is 67.6 Å². The van der Waals surface area contributed by atoms with E-state index in [9.17, 15) is 9.59 Å². The van der Waals surface area contributed by atoms with Gasteiger partial charge in [0.2, 0.25) is 5.91 Å². The Morgan fingerprint density at radius 1 is 1.11 bits per heavy atom. The maximum Gasteiger partial charge on any atom is 0.317 e. The van der Waals surface area contributed by atoms with Crippen molar-refractivity contribution >= 4 is 11.9 Å². The van der Waals surface area contributed by atoms with Gasteiger partial charge in [-0.25, -0.2) is 4.79 Å². The summed E-state index contributed by atoms with van der Waals surface area (Å²) in [7, 11) is 0. The molecule has 0 atom stereocenters. The number of likely N-dealkylation sites (tertiary alicyclic amines) is 1. The molecule has 0 bridgehead atoms. The molecule has 0 aromatic heterocycles. The number of piperidine rings is 1. The van der Waals surface area contributed by atoms with Crippen LogP contribution in [0.25, 0.3) is 0 Å². The van der Waals surface area contributed by atoms with Crippen molar-refractivity contribution in [1.29, 1.82) is 0 Å². The van der Waals surface area contributed by atoms with Crippen molar-refractivity contribution in [2.45, 2.75) is 19.8 Å². The molecule has 6 nitrogen and oxygen atoms in total. The molecule has 2 aliphatic rings. The highest BCUT2D eigenvalue weighted by atomic mass is 16.2. The minimum absolute atomic E-state index is 0.0141. The molecule has 0 unspecified atom stereocenters. The smallest absolute Gasteiger partial charge is 0.317 e. The number of carbonyl (C=O) groups excluding carboxylic acids is 2. The van der Waals surface area contributed by atoms with E-state index >= 15 is 0 Å². The molecule has 6 heteroatoms. The Balaban J connectivity index is 1.69. The zero-order chi connectivity index (χ0) is 13.7. The van der Waals surface area contributed by atoms with Gasteiger partial charge in [0, 0.05) is 39.3 Å². The Morgan fingerprint density at radius 2 is 1.74 bits per heavy atom. The van der Waals surface area contributed by atoms with Crippen LogP contribution in [0.4, 0.5) is 4.79 Å². The van der Waals surface area contributed by atoms with E-state index in [1.54, 1.807) is 4.90 Å².